The first-order chi connectivity index (χ1) is 8.08. The molecule has 0 bridgehead atoms. The van der Waals surface area contributed by atoms with Gasteiger partial charge in [0.25, 0.3) is 0 Å². The SMILES string of the molecule is O=C(O)CCc1cc2cccc(F)c2nc1Cl. The van der Waals surface area contributed by atoms with Crippen LogP contribution in [-0.2, 0) is 11.2 Å². The maximum atomic E-state index is 13.4. The van der Waals surface area contributed by atoms with E-state index in [1.165, 1.54) is 6.07 Å². The summed E-state index contributed by atoms with van der Waals surface area (Å²) in [6.07, 6.45) is 0.260. The molecule has 0 atom stereocenters. The molecule has 5 heteroatoms. The van der Waals surface area contributed by atoms with Gasteiger partial charge in [-0.05, 0) is 24.1 Å². The predicted octanol–water partition coefficient (Wildman–Crippen LogP) is 3.04. The van der Waals surface area contributed by atoms with E-state index in [4.69, 9.17) is 16.7 Å². The molecule has 0 saturated heterocycles. The molecule has 3 nitrogen and oxygen atoms in total. The van der Waals surface area contributed by atoms with Crippen LogP contribution < -0.4 is 0 Å². The minimum Gasteiger partial charge on any atom is -0.481 e. The van der Waals surface area contributed by atoms with Gasteiger partial charge in [-0.15, -0.1) is 0 Å². The van der Waals surface area contributed by atoms with Crippen LogP contribution in [-0.4, -0.2) is 16.1 Å². The van der Waals surface area contributed by atoms with Crippen molar-refractivity contribution in [1.29, 1.82) is 0 Å². The Morgan fingerprint density at radius 1 is 1.47 bits per heavy atom. The molecule has 0 aliphatic heterocycles. The van der Waals surface area contributed by atoms with Crippen molar-refractivity contribution in [3.8, 4) is 0 Å². The fourth-order valence-electron chi connectivity index (χ4n) is 1.60. The van der Waals surface area contributed by atoms with Crippen LogP contribution >= 0.6 is 11.6 Å². The van der Waals surface area contributed by atoms with E-state index >= 15 is 0 Å². The predicted molar refractivity (Wildman–Crippen MR) is 62.7 cm³/mol. The summed E-state index contributed by atoms with van der Waals surface area (Å²) in [7, 11) is 0. The molecule has 0 radical (unpaired) electrons. The second-order valence-electron chi connectivity index (χ2n) is 3.64. The zero-order chi connectivity index (χ0) is 12.4. The van der Waals surface area contributed by atoms with Crippen molar-refractivity contribution in [1.82, 2.24) is 4.98 Å². The minimum absolute atomic E-state index is 0.0256. The van der Waals surface area contributed by atoms with Gasteiger partial charge in [0.05, 0.1) is 0 Å². The van der Waals surface area contributed by atoms with E-state index in [9.17, 15) is 9.18 Å². The van der Waals surface area contributed by atoms with Crippen LogP contribution in [0, 0.1) is 5.82 Å². The molecule has 17 heavy (non-hydrogen) atoms. The maximum Gasteiger partial charge on any atom is 0.303 e. The highest BCUT2D eigenvalue weighted by Crippen LogP contribution is 2.23. The zero-order valence-corrected chi connectivity index (χ0v) is 9.54. The number of halogens is 2. The molecule has 1 N–H and O–H groups in total. The van der Waals surface area contributed by atoms with Crippen molar-refractivity contribution >= 4 is 28.5 Å². The summed E-state index contributed by atoms with van der Waals surface area (Å²) in [5.74, 6) is -1.34. The van der Waals surface area contributed by atoms with E-state index in [2.05, 4.69) is 4.98 Å². The molecule has 2 aromatic rings. The maximum absolute atomic E-state index is 13.4. The van der Waals surface area contributed by atoms with Gasteiger partial charge >= 0.3 is 5.97 Å². The third-order valence-corrected chi connectivity index (χ3v) is 2.76. The molecular weight excluding hydrogens is 245 g/mol. The van der Waals surface area contributed by atoms with Crippen LogP contribution in [0.15, 0.2) is 24.3 Å². The standard InChI is InChI=1S/C12H9ClFNO2/c13-12-8(4-5-10(16)17)6-7-2-1-3-9(14)11(7)15-12/h1-3,6H,4-5H2,(H,16,17). The minimum atomic E-state index is -0.902. The molecule has 0 amide bonds. The van der Waals surface area contributed by atoms with E-state index in [0.717, 1.165) is 0 Å². The Morgan fingerprint density at radius 3 is 2.94 bits per heavy atom. The van der Waals surface area contributed by atoms with Crippen molar-refractivity contribution in [2.75, 3.05) is 0 Å². The number of aliphatic carboxylic acids is 1. The van der Waals surface area contributed by atoms with Gasteiger partial charge in [-0.2, -0.15) is 0 Å². The van der Waals surface area contributed by atoms with Crippen molar-refractivity contribution in [3.05, 3.63) is 40.8 Å². The van der Waals surface area contributed by atoms with Gasteiger partial charge in [-0.1, -0.05) is 23.7 Å². The lowest BCUT2D eigenvalue weighted by molar-refractivity contribution is -0.136. The lowest BCUT2D eigenvalue weighted by atomic mass is 10.1. The quantitative estimate of drug-likeness (QED) is 0.856. The van der Waals surface area contributed by atoms with Crippen LogP contribution in [0.3, 0.4) is 0 Å². The van der Waals surface area contributed by atoms with Crippen molar-refractivity contribution in [2.24, 2.45) is 0 Å². The third-order valence-electron chi connectivity index (χ3n) is 2.43. The number of aromatic nitrogens is 1. The van der Waals surface area contributed by atoms with Crippen molar-refractivity contribution < 1.29 is 14.3 Å². The summed E-state index contributed by atoms with van der Waals surface area (Å²) in [5.41, 5.74) is 0.823. The highest BCUT2D eigenvalue weighted by Gasteiger charge is 2.09. The molecule has 88 valence electrons. The van der Waals surface area contributed by atoms with E-state index in [1.54, 1.807) is 18.2 Å². The number of carboxylic acid groups (broad SMARTS) is 1. The second kappa shape index (κ2) is 4.67. The molecule has 0 saturated carbocycles. The molecule has 0 unspecified atom stereocenters. The zero-order valence-electron chi connectivity index (χ0n) is 8.78. The Kier molecular flexibility index (Phi) is 3.24. The largest absolute Gasteiger partial charge is 0.481 e. The summed E-state index contributed by atoms with van der Waals surface area (Å²) in [6, 6.07) is 6.28. The molecule has 1 aromatic carbocycles. The topological polar surface area (TPSA) is 50.2 Å². The fraction of sp³-hybridized carbons (Fsp3) is 0.167. The number of carbonyl (C=O) groups is 1. The molecule has 0 aliphatic carbocycles. The van der Waals surface area contributed by atoms with Gasteiger partial charge in [0.15, 0.2) is 0 Å². The van der Waals surface area contributed by atoms with Gasteiger partial charge in [0.1, 0.15) is 16.5 Å². The average Bonchev–Trinajstić information content (AvgIpc) is 2.28. The van der Waals surface area contributed by atoms with E-state index in [1.807, 2.05) is 0 Å². The number of hydrogen-bond acceptors (Lipinski definition) is 2. The lowest BCUT2D eigenvalue weighted by Crippen LogP contribution is -1.99. The number of carboxylic acids is 1. The van der Waals surface area contributed by atoms with Gasteiger partial charge < -0.3 is 5.11 Å². The van der Waals surface area contributed by atoms with Crippen LogP contribution in [0.2, 0.25) is 5.15 Å². The molecule has 1 heterocycles. The number of pyridine rings is 1. The number of hydrogen-bond donors (Lipinski definition) is 1. The Bertz CT molecular complexity index is 586. The van der Waals surface area contributed by atoms with Gasteiger partial charge in [-0.3, -0.25) is 4.79 Å². The Labute approximate surface area is 102 Å². The molecule has 1 aromatic heterocycles. The van der Waals surface area contributed by atoms with Crippen LogP contribution in [0.1, 0.15) is 12.0 Å². The van der Waals surface area contributed by atoms with Crippen molar-refractivity contribution in [3.63, 3.8) is 0 Å². The third kappa shape index (κ3) is 2.53. The molecule has 0 aliphatic rings. The van der Waals surface area contributed by atoms with E-state index < -0.39 is 11.8 Å². The molecular formula is C12H9ClFNO2. The smallest absolute Gasteiger partial charge is 0.303 e. The number of para-hydroxylation sites is 1. The monoisotopic (exact) mass is 253 g/mol. The summed E-state index contributed by atoms with van der Waals surface area (Å²) in [4.78, 5) is 14.4. The number of nitrogens with zero attached hydrogens (tertiary/aromatic N) is 1. The Balaban J connectivity index is 2.45. The first-order valence-corrected chi connectivity index (χ1v) is 5.41. The second-order valence-corrected chi connectivity index (χ2v) is 4.00. The fourth-order valence-corrected chi connectivity index (χ4v) is 1.83. The number of benzene rings is 1. The van der Waals surface area contributed by atoms with Gasteiger partial charge in [-0.25, -0.2) is 9.37 Å². The number of fused-ring (bicyclic) bond motifs is 1. The Hall–Kier alpha value is -1.68. The summed E-state index contributed by atoms with van der Waals surface area (Å²) >= 11 is 5.89. The van der Waals surface area contributed by atoms with Crippen LogP contribution in [0.5, 0.6) is 0 Å². The molecule has 0 spiro atoms. The highest BCUT2D eigenvalue weighted by molar-refractivity contribution is 6.30. The Morgan fingerprint density at radius 2 is 2.24 bits per heavy atom. The molecule has 2 rings (SSSR count). The van der Waals surface area contributed by atoms with Gasteiger partial charge in [0.2, 0.25) is 0 Å². The van der Waals surface area contributed by atoms with Crippen molar-refractivity contribution in [2.45, 2.75) is 12.8 Å². The van der Waals surface area contributed by atoms with E-state index in [0.29, 0.717) is 10.9 Å². The van der Waals surface area contributed by atoms with Gasteiger partial charge in [0, 0.05) is 11.8 Å². The summed E-state index contributed by atoms with van der Waals surface area (Å²) < 4.78 is 13.4. The number of rotatable bonds is 3. The number of aryl methyl sites for hydroxylation is 1. The van der Waals surface area contributed by atoms with Crippen LogP contribution in [0.25, 0.3) is 10.9 Å². The highest BCUT2D eigenvalue weighted by atomic mass is 35.5. The van der Waals surface area contributed by atoms with Crippen LogP contribution in [0.4, 0.5) is 4.39 Å². The normalized spacial score (nSPS) is 10.7. The summed E-state index contributed by atoms with van der Waals surface area (Å²) in [5, 5.41) is 9.38. The van der Waals surface area contributed by atoms with E-state index in [-0.39, 0.29) is 23.5 Å². The first kappa shape index (κ1) is 11.8. The molecule has 0 fully saturated rings. The first-order valence-electron chi connectivity index (χ1n) is 5.03. The average molecular weight is 254 g/mol. The summed E-state index contributed by atoms with van der Waals surface area (Å²) in [6.45, 7) is 0. The lowest BCUT2D eigenvalue weighted by Gasteiger charge is -2.05.